The number of hydrogen-bond acceptors (Lipinski definition) is 3. The van der Waals surface area contributed by atoms with Crippen molar-refractivity contribution < 1.29 is 14.7 Å². The summed E-state index contributed by atoms with van der Waals surface area (Å²) in [5.41, 5.74) is 0.00361. The van der Waals surface area contributed by atoms with E-state index in [-0.39, 0.29) is 23.3 Å². The van der Waals surface area contributed by atoms with Crippen LogP contribution in [-0.4, -0.2) is 28.0 Å². The zero-order valence-corrected chi connectivity index (χ0v) is 10.8. The number of rotatable bonds is 5. The van der Waals surface area contributed by atoms with E-state index in [2.05, 4.69) is 17.2 Å². The predicted molar refractivity (Wildman–Crippen MR) is 67.6 cm³/mol. The van der Waals surface area contributed by atoms with E-state index >= 15 is 0 Å². The second kappa shape index (κ2) is 6.14. The topological polar surface area (TPSA) is 79.3 Å². The Morgan fingerprint density at radius 1 is 1.33 bits per heavy atom. The van der Waals surface area contributed by atoms with Crippen LogP contribution in [0.3, 0.4) is 0 Å². The molecular weight excluding hydrogens is 232 g/mol. The van der Waals surface area contributed by atoms with Gasteiger partial charge >= 0.3 is 5.97 Å². The molecule has 0 aliphatic carbocycles. The molecule has 5 nitrogen and oxygen atoms in total. The molecule has 0 fully saturated rings. The Balaban J connectivity index is 2.78. The quantitative estimate of drug-likeness (QED) is 0.837. The van der Waals surface area contributed by atoms with Gasteiger partial charge in [-0.25, -0.2) is 9.78 Å². The van der Waals surface area contributed by atoms with Crippen molar-refractivity contribution in [1.82, 2.24) is 10.3 Å². The number of amides is 1. The number of aromatic nitrogens is 1. The number of hydrogen-bond donors (Lipinski definition) is 2. The lowest BCUT2D eigenvalue weighted by molar-refractivity contribution is 0.0690. The largest absolute Gasteiger partial charge is 0.477 e. The smallest absolute Gasteiger partial charge is 0.354 e. The van der Waals surface area contributed by atoms with Crippen molar-refractivity contribution in [2.24, 2.45) is 5.92 Å². The third kappa shape index (κ3) is 3.55. The Morgan fingerprint density at radius 2 is 1.94 bits per heavy atom. The van der Waals surface area contributed by atoms with E-state index < -0.39 is 5.97 Å². The molecule has 0 aromatic carbocycles. The summed E-state index contributed by atoms with van der Waals surface area (Å²) in [5, 5.41) is 11.6. The highest BCUT2D eigenvalue weighted by molar-refractivity contribution is 5.94. The fraction of sp³-hybridized carbons (Fsp3) is 0.462. The molecule has 98 valence electrons. The number of nitrogens with zero attached hydrogens (tertiary/aromatic N) is 1. The highest BCUT2D eigenvalue weighted by atomic mass is 16.4. The van der Waals surface area contributed by atoms with E-state index in [1.54, 1.807) is 0 Å². The van der Waals surface area contributed by atoms with Gasteiger partial charge in [-0.15, -0.1) is 0 Å². The number of aromatic carboxylic acids is 1. The summed E-state index contributed by atoms with van der Waals surface area (Å²) in [7, 11) is 0. The molecule has 5 heteroatoms. The first-order chi connectivity index (χ1) is 8.45. The van der Waals surface area contributed by atoms with Crippen LogP contribution in [0.5, 0.6) is 0 Å². The van der Waals surface area contributed by atoms with Crippen LogP contribution in [-0.2, 0) is 0 Å². The lowest BCUT2D eigenvalue weighted by Crippen LogP contribution is -2.37. The van der Waals surface area contributed by atoms with Gasteiger partial charge in [-0.05, 0) is 25.0 Å². The molecule has 1 aromatic rings. The number of pyridine rings is 1. The molecule has 1 aromatic heterocycles. The summed E-state index contributed by atoms with van der Waals surface area (Å²) >= 11 is 0. The van der Waals surface area contributed by atoms with Crippen molar-refractivity contribution in [3.8, 4) is 0 Å². The highest BCUT2D eigenvalue weighted by Gasteiger charge is 2.16. The zero-order valence-electron chi connectivity index (χ0n) is 10.8. The molecule has 0 aliphatic heterocycles. The molecule has 0 radical (unpaired) electrons. The van der Waals surface area contributed by atoms with E-state index in [0.29, 0.717) is 5.92 Å². The zero-order chi connectivity index (χ0) is 13.7. The van der Waals surface area contributed by atoms with Crippen molar-refractivity contribution in [3.05, 3.63) is 29.6 Å². The Morgan fingerprint density at radius 3 is 2.50 bits per heavy atom. The van der Waals surface area contributed by atoms with E-state index in [0.717, 1.165) is 6.42 Å². The first kappa shape index (κ1) is 14.2. The van der Waals surface area contributed by atoms with Gasteiger partial charge in [-0.3, -0.25) is 4.79 Å². The summed E-state index contributed by atoms with van der Waals surface area (Å²) in [4.78, 5) is 26.4. The minimum Gasteiger partial charge on any atom is -0.477 e. The van der Waals surface area contributed by atoms with Crippen molar-refractivity contribution >= 4 is 11.9 Å². The first-order valence-corrected chi connectivity index (χ1v) is 5.97. The molecule has 0 aliphatic rings. The Kier molecular flexibility index (Phi) is 4.83. The number of carbonyl (C=O) groups is 2. The third-order valence-corrected chi connectivity index (χ3v) is 3.06. The van der Waals surface area contributed by atoms with Gasteiger partial charge in [-0.2, -0.15) is 0 Å². The molecule has 0 saturated heterocycles. The van der Waals surface area contributed by atoms with Crippen molar-refractivity contribution in [2.75, 3.05) is 0 Å². The molecule has 1 amide bonds. The fourth-order valence-electron chi connectivity index (χ4n) is 1.46. The lowest BCUT2D eigenvalue weighted by Gasteiger charge is -2.19. The summed E-state index contributed by atoms with van der Waals surface area (Å²) in [6, 6.07) is 4.40. The van der Waals surface area contributed by atoms with Crippen molar-refractivity contribution in [3.63, 3.8) is 0 Å². The van der Waals surface area contributed by atoms with Gasteiger partial charge in [0.15, 0.2) is 0 Å². The normalized spacial score (nSPS) is 13.7. The monoisotopic (exact) mass is 250 g/mol. The van der Waals surface area contributed by atoms with Crippen molar-refractivity contribution in [1.29, 1.82) is 0 Å². The Bertz CT molecular complexity index is 446. The lowest BCUT2D eigenvalue weighted by atomic mass is 10.0. The molecule has 0 saturated carbocycles. The van der Waals surface area contributed by atoms with Gasteiger partial charge in [0.1, 0.15) is 11.4 Å². The minimum absolute atomic E-state index is 0.0257. The number of nitrogens with one attached hydrogen (secondary N) is 1. The maximum atomic E-state index is 11.9. The summed E-state index contributed by atoms with van der Waals surface area (Å²) in [5.74, 6) is -1.12. The van der Waals surface area contributed by atoms with Gasteiger partial charge in [0.25, 0.3) is 5.91 Å². The van der Waals surface area contributed by atoms with Crippen LogP contribution in [0, 0.1) is 5.92 Å². The van der Waals surface area contributed by atoms with Crippen LogP contribution in [0.1, 0.15) is 48.2 Å². The standard InChI is InChI=1S/C13H18N2O3/c1-4-8(2)9(3)14-12(16)10-6-5-7-11(15-10)13(17)18/h5-9H,4H2,1-3H3,(H,14,16)(H,17,18)/t8-,9+/m1/s1. The predicted octanol–water partition coefficient (Wildman–Crippen LogP) is 1.94. The summed E-state index contributed by atoms with van der Waals surface area (Å²) in [6.45, 7) is 6.02. The molecule has 0 spiro atoms. The van der Waals surface area contributed by atoms with E-state index in [1.165, 1.54) is 18.2 Å². The van der Waals surface area contributed by atoms with Crippen LogP contribution in [0.2, 0.25) is 0 Å². The van der Waals surface area contributed by atoms with Crippen molar-refractivity contribution in [2.45, 2.75) is 33.2 Å². The van der Waals surface area contributed by atoms with Gasteiger partial charge in [0, 0.05) is 6.04 Å². The molecule has 1 heterocycles. The maximum Gasteiger partial charge on any atom is 0.354 e. The van der Waals surface area contributed by atoms with Crippen LogP contribution < -0.4 is 5.32 Å². The Hall–Kier alpha value is -1.91. The number of carboxylic acids is 1. The van der Waals surface area contributed by atoms with Gasteiger partial charge < -0.3 is 10.4 Å². The van der Waals surface area contributed by atoms with Crippen LogP contribution in [0.4, 0.5) is 0 Å². The van der Waals surface area contributed by atoms with E-state index in [4.69, 9.17) is 5.11 Å². The van der Waals surface area contributed by atoms with E-state index in [1.807, 2.05) is 13.8 Å². The first-order valence-electron chi connectivity index (χ1n) is 5.97. The summed E-state index contributed by atoms with van der Waals surface area (Å²) in [6.07, 6.45) is 0.962. The van der Waals surface area contributed by atoms with Gasteiger partial charge in [0.05, 0.1) is 0 Å². The van der Waals surface area contributed by atoms with Crippen LogP contribution >= 0.6 is 0 Å². The third-order valence-electron chi connectivity index (χ3n) is 3.06. The van der Waals surface area contributed by atoms with Gasteiger partial charge in [0.2, 0.25) is 0 Å². The maximum absolute atomic E-state index is 11.9. The summed E-state index contributed by atoms with van der Waals surface area (Å²) < 4.78 is 0. The van der Waals surface area contributed by atoms with Crippen LogP contribution in [0.25, 0.3) is 0 Å². The van der Waals surface area contributed by atoms with E-state index in [9.17, 15) is 9.59 Å². The number of carboxylic acid groups (broad SMARTS) is 1. The molecule has 2 atom stereocenters. The SMILES string of the molecule is CC[C@@H](C)[C@H](C)NC(=O)c1cccc(C(=O)O)n1. The second-order valence-corrected chi connectivity index (χ2v) is 4.36. The number of carbonyl (C=O) groups excluding carboxylic acids is 1. The molecule has 18 heavy (non-hydrogen) atoms. The van der Waals surface area contributed by atoms with Crippen LogP contribution in [0.15, 0.2) is 18.2 Å². The fourth-order valence-corrected chi connectivity index (χ4v) is 1.46. The average molecular weight is 250 g/mol. The van der Waals surface area contributed by atoms with Gasteiger partial charge in [-0.1, -0.05) is 26.3 Å². The molecule has 2 N–H and O–H groups in total. The highest BCUT2D eigenvalue weighted by Crippen LogP contribution is 2.08. The molecule has 0 bridgehead atoms. The molecule has 1 rings (SSSR count). The molecule has 0 unspecified atom stereocenters. The Labute approximate surface area is 106 Å². The molecular formula is C13H18N2O3. The second-order valence-electron chi connectivity index (χ2n) is 4.36. The minimum atomic E-state index is -1.14. The average Bonchev–Trinajstić information content (AvgIpc) is 2.37.